The van der Waals surface area contributed by atoms with Gasteiger partial charge >= 0.3 is 0 Å². The van der Waals surface area contributed by atoms with Crippen molar-refractivity contribution in [1.82, 2.24) is 9.97 Å². The van der Waals surface area contributed by atoms with Gasteiger partial charge in [0.25, 0.3) is 0 Å². The molecular weight excluding hydrogens is 364 g/mol. The van der Waals surface area contributed by atoms with Crippen LogP contribution in [0.5, 0.6) is 11.5 Å². The van der Waals surface area contributed by atoms with Crippen LogP contribution in [0, 0.1) is 6.92 Å². The SMILES string of the molecule is CCc1ccc(Nc2cc(NCCc3ccc(OC)c(OC)c3)nc(C)n2)cc1. The molecule has 0 saturated carbocycles. The molecule has 0 spiro atoms. The van der Waals surface area contributed by atoms with Gasteiger partial charge in [0.2, 0.25) is 0 Å². The molecule has 0 saturated heterocycles. The number of hydrogen-bond donors (Lipinski definition) is 2. The highest BCUT2D eigenvalue weighted by molar-refractivity contribution is 5.59. The van der Waals surface area contributed by atoms with Crippen LogP contribution < -0.4 is 20.1 Å². The summed E-state index contributed by atoms with van der Waals surface area (Å²) in [4.78, 5) is 8.98. The van der Waals surface area contributed by atoms with Gasteiger partial charge in [0.05, 0.1) is 14.2 Å². The first kappa shape index (κ1) is 20.5. The molecule has 3 rings (SSSR count). The second kappa shape index (κ2) is 9.78. The third-order valence-corrected chi connectivity index (χ3v) is 4.64. The molecule has 1 aromatic heterocycles. The highest BCUT2D eigenvalue weighted by Crippen LogP contribution is 2.27. The van der Waals surface area contributed by atoms with E-state index in [-0.39, 0.29) is 0 Å². The van der Waals surface area contributed by atoms with E-state index in [4.69, 9.17) is 9.47 Å². The number of aromatic nitrogens is 2. The lowest BCUT2D eigenvalue weighted by molar-refractivity contribution is 0.354. The van der Waals surface area contributed by atoms with E-state index in [0.717, 1.165) is 53.8 Å². The zero-order valence-electron chi connectivity index (χ0n) is 17.5. The van der Waals surface area contributed by atoms with Crippen LogP contribution in [0.25, 0.3) is 0 Å². The fraction of sp³-hybridized carbons (Fsp3) is 0.304. The van der Waals surface area contributed by atoms with E-state index in [1.54, 1.807) is 14.2 Å². The smallest absolute Gasteiger partial charge is 0.160 e. The molecule has 0 aliphatic heterocycles. The van der Waals surface area contributed by atoms with E-state index in [9.17, 15) is 0 Å². The number of methoxy groups -OCH3 is 2. The number of ether oxygens (including phenoxy) is 2. The number of nitrogens with one attached hydrogen (secondary N) is 2. The van der Waals surface area contributed by atoms with Gasteiger partial charge in [0.15, 0.2) is 11.5 Å². The Morgan fingerprint density at radius 2 is 1.52 bits per heavy atom. The molecule has 0 atom stereocenters. The predicted octanol–water partition coefficient (Wildman–Crippen LogP) is 4.76. The Hall–Kier alpha value is -3.28. The van der Waals surface area contributed by atoms with Crippen LogP contribution >= 0.6 is 0 Å². The van der Waals surface area contributed by atoms with Gasteiger partial charge in [-0.05, 0) is 55.2 Å². The highest BCUT2D eigenvalue weighted by Gasteiger charge is 2.06. The first-order valence-corrected chi connectivity index (χ1v) is 9.77. The normalized spacial score (nSPS) is 10.5. The van der Waals surface area contributed by atoms with Gasteiger partial charge in [-0.15, -0.1) is 0 Å². The summed E-state index contributed by atoms with van der Waals surface area (Å²) in [6.07, 6.45) is 1.87. The largest absolute Gasteiger partial charge is 0.493 e. The summed E-state index contributed by atoms with van der Waals surface area (Å²) in [5.41, 5.74) is 3.49. The molecule has 1 heterocycles. The Bertz CT molecular complexity index is 942. The Kier molecular flexibility index (Phi) is 6.89. The molecule has 0 fully saturated rings. The third-order valence-electron chi connectivity index (χ3n) is 4.64. The van der Waals surface area contributed by atoms with Crippen molar-refractivity contribution in [3.8, 4) is 11.5 Å². The average Bonchev–Trinajstić information content (AvgIpc) is 2.73. The molecule has 6 heteroatoms. The van der Waals surface area contributed by atoms with E-state index in [1.807, 2.05) is 31.2 Å². The second-order valence-corrected chi connectivity index (χ2v) is 6.73. The molecular formula is C23H28N4O2. The zero-order chi connectivity index (χ0) is 20.6. The van der Waals surface area contributed by atoms with Crippen molar-refractivity contribution >= 4 is 17.3 Å². The fourth-order valence-electron chi connectivity index (χ4n) is 3.06. The lowest BCUT2D eigenvalue weighted by Crippen LogP contribution is -2.08. The average molecular weight is 393 g/mol. The van der Waals surface area contributed by atoms with Crippen LogP contribution in [0.3, 0.4) is 0 Å². The summed E-state index contributed by atoms with van der Waals surface area (Å²) >= 11 is 0. The van der Waals surface area contributed by atoms with Crippen molar-refractivity contribution in [2.24, 2.45) is 0 Å². The van der Waals surface area contributed by atoms with E-state index in [1.165, 1.54) is 5.56 Å². The summed E-state index contributed by atoms with van der Waals surface area (Å²) in [7, 11) is 3.29. The summed E-state index contributed by atoms with van der Waals surface area (Å²) in [5, 5.41) is 6.73. The molecule has 0 amide bonds. The number of aryl methyl sites for hydroxylation is 2. The number of anilines is 3. The van der Waals surface area contributed by atoms with Gasteiger partial charge in [-0.3, -0.25) is 0 Å². The molecule has 0 radical (unpaired) electrons. The summed E-state index contributed by atoms with van der Waals surface area (Å²) in [5.74, 6) is 3.76. The monoisotopic (exact) mass is 392 g/mol. The molecule has 29 heavy (non-hydrogen) atoms. The Labute approximate surface area is 172 Å². The lowest BCUT2D eigenvalue weighted by atomic mass is 10.1. The van der Waals surface area contributed by atoms with Gasteiger partial charge in [0.1, 0.15) is 17.5 Å². The molecule has 0 bridgehead atoms. The van der Waals surface area contributed by atoms with Crippen LogP contribution in [0.1, 0.15) is 23.9 Å². The topological polar surface area (TPSA) is 68.3 Å². The number of rotatable bonds is 9. The van der Waals surface area contributed by atoms with Crippen molar-refractivity contribution in [1.29, 1.82) is 0 Å². The Balaban J connectivity index is 1.62. The highest BCUT2D eigenvalue weighted by atomic mass is 16.5. The molecule has 152 valence electrons. The molecule has 3 aromatic rings. The van der Waals surface area contributed by atoms with Crippen molar-refractivity contribution in [3.63, 3.8) is 0 Å². The minimum Gasteiger partial charge on any atom is -0.493 e. The molecule has 0 aliphatic carbocycles. The van der Waals surface area contributed by atoms with E-state index in [0.29, 0.717) is 5.82 Å². The van der Waals surface area contributed by atoms with Gasteiger partial charge in [-0.25, -0.2) is 9.97 Å². The van der Waals surface area contributed by atoms with Gasteiger partial charge < -0.3 is 20.1 Å². The lowest BCUT2D eigenvalue weighted by Gasteiger charge is -2.12. The summed E-state index contributed by atoms with van der Waals surface area (Å²) in [6, 6.07) is 16.3. The maximum Gasteiger partial charge on any atom is 0.160 e. The minimum atomic E-state index is 0.716. The van der Waals surface area contributed by atoms with E-state index < -0.39 is 0 Å². The van der Waals surface area contributed by atoms with E-state index in [2.05, 4.69) is 51.8 Å². The minimum absolute atomic E-state index is 0.716. The van der Waals surface area contributed by atoms with Crippen molar-refractivity contribution in [2.45, 2.75) is 26.7 Å². The first-order chi connectivity index (χ1) is 14.1. The molecule has 6 nitrogen and oxygen atoms in total. The fourth-order valence-corrected chi connectivity index (χ4v) is 3.06. The number of nitrogens with zero attached hydrogens (tertiary/aromatic N) is 2. The third kappa shape index (κ3) is 5.60. The molecule has 0 aliphatic rings. The number of benzene rings is 2. The second-order valence-electron chi connectivity index (χ2n) is 6.73. The maximum atomic E-state index is 5.37. The standard InChI is InChI=1S/C23H28N4O2/c1-5-17-6-9-19(10-7-17)27-23-15-22(25-16(2)26-23)24-13-12-18-8-11-20(28-3)21(14-18)29-4/h6-11,14-15H,5,12-13H2,1-4H3,(H2,24,25,26,27). The van der Waals surface area contributed by atoms with Crippen molar-refractivity contribution in [3.05, 3.63) is 65.5 Å². The Morgan fingerprint density at radius 3 is 2.21 bits per heavy atom. The van der Waals surface area contributed by atoms with Crippen molar-refractivity contribution < 1.29 is 9.47 Å². The Morgan fingerprint density at radius 1 is 0.828 bits per heavy atom. The predicted molar refractivity (Wildman–Crippen MR) is 118 cm³/mol. The van der Waals surface area contributed by atoms with Crippen LogP contribution in [0.15, 0.2) is 48.5 Å². The summed E-state index contributed by atoms with van der Waals surface area (Å²) < 4.78 is 10.7. The van der Waals surface area contributed by atoms with Crippen molar-refractivity contribution in [2.75, 3.05) is 31.4 Å². The molecule has 2 aromatic carbocycles. The first-order valence-electron chi connectivity index (χ1n) is 9.77. The van der Waals surface area contributed by atoms with E-state index >= 15 is 0 Å². The zero-order valence-corrected chi connectivity index (χ0v) is 17.5. The molecule has 0 unspecified atom stereocenters. The van der Waals surface area contributed by atoms with Crippen LogP contribution in [-0.4, -0.2) is 30.7 Å². The van der Waals surface area contributed by atoms with Gasteiger partial charge in [0, 0.05) is 18.3 Å². The van der Waals surface area contributed by atoms with Gasteiger partial charge in [-0.2, -0.15) is 0 Å². The summed E-state index contributed by atoms with van der Waals surface area (Å²) in [6.45, 7) is 4.79. The maximum absolute atomic E-state index is 5.37. The number of hydrogen-bond acceptors (Lipinski definition) is 6. The quantitative estimate of drug-likeness (QED) is 0.547. The van der Waals surface area contributed by atoms with Gasteiger partial charge in [-0.1, -0.05) is 25.1 Å². The van der Waals surface area contributed by atoms with Crippen LogP contribution in [-0.2, 0) is 12.8 Å². The van der Waals surface area contributed by atoms with Crippen LogP contribution in [0.2, 0.25) is 0 Å². The van der Waals surface area contributed by atoms with Crippen LogP contribution in [0.4, 0.5) is 17.3 Å². The molecule has 2 N–H and O–H groups in total.